The first-order valence-corrected chi connectivity index (χ1v) is 6.41. The van der Waals surface area contributed by atoms with Gasteiger partial charge in [-0.3, -0.25) is 4.40 Å². The number of fused-ring (bicyclic) bond motifs is 2. The summed E-state index contributed by atoms with van der Waals surface area (Å²) in [5.74, 6) is 1.02. The molecule has 3 aromatic rings. The highest BCUT2D eigenvalue weighted by molar-refractivity contribution is 5.76. The number of halogens is 1. The van der Waals surface area contributed by atoms with E-state index in [1.807, 2.05) is 18.2 Å². The predicted octanol–water partition coefficient (Wildman–Crippen LogP) is 2.66. The van der Waals surface area contributed by atoms with Gasteiger partial charge in [-0.25, -0.2) is 9.37 Å². The highest BCUT2D eigenvalue weighted by atomic mass is 19.1. The molecule has 1 aromatic carbocycles. The molecule has 3 heterocycles. The van der Waals surface area contributed by atoms with Crippen molar-refractivity contribution in [1.82, 2.24) is 9.38 Å². The number of nitrogen functional groups attached to an aromatic ring is 1. The van der Waals surface area contributed by atoms with E-state index in [0.29, 0.717) is 23.8 Å². The van der Waals surface area contributed by atoms with E-state index in [0.717, 1.165) is 23.3 Å². The van der Waals surface area contributed by atoms with Gasteiger partial charge in [-0.15, -0.1) is 0 Å². The van der Waals surface area contributed by atoms with E-state index in [9.17, 15) is 4.39 Å². The molecule has 20 heavy (non-hydrogen) atoms. The minimum atomic E-state index is -0.337. The van der Waals surface area contributed by atoms with Crippen LogP contribution in [0.25, 0.3) is 16.9 Å². The molecule has 0 spiro atoms. The molecule has 0 atom stereocenters. The Labute approximate surface area is 114 Å². The lowest BCUT2D eigenvalue weighted by atomic mass is 10.1. The van der Waals surface area contributed by atoms with Crippen LogP contribution in [-0.2, 0) is 6.42 Å². The van der Waals surface area contributed by atoms with E-state index in [2.05, 4.69) is 4.98 Å². The van der Waals surface area contributed by atoms with Crippen LogP contribution in [0.4, 0.5) is 10.2 Å². The number of hydrogen-bond donors (Lipinski definition) is 1. The maximum Gasteiger partial charge on any atom is 0.140 e. The third-order valence-electron chi connectivity index (χ3n) is 3.58. The minimum absolute atomic E-state index is 0.337. The molecule has 4 nitrogen and oxygen atoms in total. The van der Waals surface area contributed by atoms with Crippen LogP contribution in [0.2, 0.25) is 0 Å². The van der Waals surface area contributed by atoms with Crippen molar-refractivity contribution in [3.63, 3.8) is 0 Å². The van der Waals surface area contributed by atoms with Gasteiger partial charge in [0.25, 0.3) is 0 Å². The predicted molar refractivity (Wildman–Crippen MR) is 74.2 cm³/mol. The van der Waals surface area contributed by atoms with Crippen LogP contribution in [0.5, 0.6) is 5.75 Å². The van der Waals surface area contributed by atoms with Gasteiger partial charge in [0, 0.05) is 18.2 Å². The zero-order valence-electron chi connectivity index (χ0n) is 10.6. The summed E-state index contributed by atoms with van der Waals surface area (Å²) in [6, 6.07) is 8.89. The maximum atomic E-state index is 13.3. The van der Waals surface area contributed by atoms with Gasteiger partial charge in [0.1, 0.15) is 28.7 Å². The van der Waals surface area contributed by atoms with Crippen LogP contribution < -0.4 is 10.5 Å². The van der Waals surface area contributed by atoms with Gasteiger partial charge in [-0.05, 0) is 35.9 Å². The second-order valence-corrected chi connectivity index (χ2v) is 4.84. The molecular weight excluding hydrogens is 257 g/mol. The Kier molecular flexibility index (Phi) is 2.24. The van der Waals surface area contributed by atoms with Crippen molar-refractivity contribution in [2.24, 2.45) is 0 Å². The van der Waals surface area contributed by atoms with E-state index in [-0.39, 0.29) is 5.82 Å². The highest BCUT2D eigenvalue weighted by Crippen LogP contribution is 2.32. The molecule has 0 aliphatic carbocycles. The molecule has 2 N–H and O–H groups in total. The molecule has 0 amide bonds. The average molecular weight is 269 g/mol. The van der Waals surface area contributed by atoms with E-state index in [1.165, 1.54) is 12.3 Å². The Morgan fingerprint density at radius 3 is 3.05 bits per heavy atom. The molecule has 0 bridgehead atoms. The zero-order chi connectivity index (χ0) is 13.7. The molecule has 0 unspecified atom stereocenters. The molecule has 4 rings (SSSR count). The first-order valence-electron chi connectivity index (χ1n) is 6.41. The minimum Gasteiger partial charge on any atom is -0.493 e. The number of aromatic nitrogens is 2. The Morgan fingerprint density at radius 2 is 2.15 bits per heavy atom. The summed E-state index contributed by atoms with van der Waals surface area (Å²) in [7, 11) is 0. The number of nitrogens with two attached hydrogens (primary N) is 1. The number of nitrogens with zero attached hydrogens (tertiary/aromatic N) is 2. The van der Waals surface area contributed by atoms with Gasteiger partial charge in [0.05, 0.1) is 6.61 Å². The van der Waals surface area contributed by atoms with Gasteiger partial charge in [0.2, 0.25) is 0 Å². The number of pyridine rings is 1. The molecular formula is C15H12FN3O. The van der Waals surface area contributed by atoms with Crippen molar-refractivity contribution >= 4 is 11.5 Å². The standard InChI is InChI=1S/C15H12FN3O/c16-11-2-4-13-18-14(15(17)19(13)8-11)10-1-3-12-9(7-10)5-6-20-12/h1-4,7-8H,5-6,17H2. The molecule has 0 fully saturated rings. The van der Waals surface area contributed by atoms with Crippen LogP contribution in [0.3, 0.4) is 0 Å². The lowest BCUT2D eigenvalue weighted by Gasteiger charge is -2.02. The summed E-state index contributed by atoms with van der Waals surface area (Å²) in [4.78, 5) is 4.48. The van der Waals surface area contributed by atoms with Crippen LogP contribution in [0.1, 0.15) is 5.56 Å². The highest BCUT2D eigenvalue weighted by Gasteiger charge is 2.16. The fourth-order valence-corrected chi connectivity index (χ4v) is 2.58. The topological polar surface area (TPSA) is 52.5 Å². The number of imidazole rings is 1. The lowest BCUT2D eigenvalue weighted by Crippen LogP contribution is -1.95. The summed E-state index contributed by atoms with van der Waals surface area (Å²) >= 11 is 0. The molecule has 0 saturated carbocycles. The number of anilines is 1. The van der Waals surface area contributed by atoms with Gasteiger partial charge in [-0.1, -0.05) is 0 Å². The summed E-state index contributed by atoms with van der Waals surface area (Å²) < 4.78 is 20.3. The molecule has 1 aliphatic heterocycles. The largest absolute Gasteiger partial charge is 0.493 e. The molecule has 5 heteroatoms. The summed E-state index contributed by atoms with van der Waals surface area (Å²) in [6.07, 6.45) is 2.24. The smallest absolute Gasteiger partial charge is 0.140 e. The normalized spacial score (nSPS) is 13.4. The number of ether oxygens (including phenoxy) is 1. The first-order chi connectivity index (χ1) is 9.72. The quantitative estimate of drug-likeness (QED) is 0.739. The molecule has 2 aromatic heterocycles. The number of hydrogen-bond acceptors (Lipinski definition) is 3. The number of rotatable bonds is 1. The Bertz CT molecular complexity index is 825. The van der Waals surface area contributed by atoms with Crippen molar-refractivity contribution in [3.05, 3.63) is 47.9 Å². The molecule has 1 aliphatic rings. The molecule has 0 radical (unpaired) electrons. The average Bonchev–Trinajstić information content (AvgIpc) is 3.03. The van der Waals surface area contributed by atoms with Crippen molar-refractivity contribution in [1.29, 1.82) is 0 Å². The fourth-order valence-electron chi connectivity index (χ4n) is 2.58. The summed E-state index contributed by atoms with van der Waals surface area (Å²) in [5.41, 5.74) is 9.48. The third-order valence-corrected chi connectivity index (χ3v) is 3.58. The summed E-state index contributed by atoms with van der Waals surface area (Å²) in [6.45, 7) is 0.713. The Morgan fingerprint density at radius 1 is 1.25 bits per heavy atom. The van der Waals surface area contributed by atoms with E-state index in [1.54, 1.807) is 10.5 Å². The van der Waals surface area contributed by atoms with Crippen molar-refractivity contribution < 1.29 is 9.13 Å². The van der Waals surface area contributed by atoms with Gasteiger partial charge in [0.15, 0.2) is 0 Å². The van der Waals surface area contributed by atoms with Gasteiger partial charge < -0.3 is 10.5 Å². The van der Waals surface area contributed by atoms with E-state index in [4.69, 9.17) is 10.5 Å². The van der Waals surface area contributed by atoms with Crippen molar-refractivity contribution in [2.75, 3.05) is 12.3 Å². The fraction of sp³-hybridized carbons (Fsp3) is 0.133. The Hall–Kier alpha value is -2.56. The van der Waals surface area contributed by atoms with Crippen molar-refractivity contribution in [3.8, 4) is 17.0 Å². The zero-order valence-corrected chi connectivity index (χ0v) is 10.6. The third kappa shape index (κ3) is 1.56. The summed E-state index contributed by atoms with van der Waals surface area (Å²) in [5, 5.41) is 0. The molecule has 0 saturated heterocycles. The lowest BCUT2D eigenvalue weighted by molar-refractivity contribution is 0.357. The number of benzene rings is 1. The van der Waals surface area contributed by atoms with Crippen LogP contribution in [-0.4, -0.2) is 16.0 Å². The van der Waals surface area contributed by atoms with E-state index >= 15 is 0 Å². The second-order valence-electron chi connectivity index (χ2n) is 4.84. The van der Waals surface area contributed by atoms with Crippen LogP contribution in [0, 0.1) is 5.82 Å². The van der Waals surface area contributed by atoms with E-state index < -0.39 is 0 Å². The van der Waals surface area contributed by atoms with Gasteiger partial charge >= 0.3 is 0 Å². The monoisotopic (exact) mass is 269 g/mol. The van der Waals surface area contributed by atoms with Crippen LogP contribution in [0.15, 0.2) is 36.5 Å². The SMILES string of the molecule is Nc1c(-c2ccc3c(c2)CCO3)nc2ccc(F)cn12. The maximum absolute atomic E-state index is 13.3. The van der Waals surface area contributed by atoms with Crippen LogP contribution >= 0.6 is 0 Å². The second kappa shape index (κ2) is 3.96. The first kappa shape index (κ1) is 11.3. The van der Waals surface area contributed by atoms with Gasteiger partial charge in [-0.2, -0.15) is 0 Å². The molecule has 100 valence electrons. The Balaban J connectivity index is 1.92. The van der Waals surface area contributed by atoms with Crippen molar-refractivity contribution in [2.45, 2.75) is 6.42 Å².